The minimum atomic E-state index is -0.276. The fourth-order valence-corrected chi connectivity index (χ4v) is 5.02. The average Bonchev–Trinajstić information content (AvgIpc) is 3.16. The molecule has 27 heavy (non-hydrogen) atoms. The molecule has 0 aliphatic carbocycles. The standard InChI is InChI=1S/C18H13BrClN3O2S2/c19-10-3-4-14(13(20)6-10)22-17(25)9-27-18-12(8-21)11(7-16(24)23-18)15-2-1-5-26-15/h1-6,11H,7,9H2,(H,22,25)(H,23,24)/t11-/m1/s1. The third kappa shape index (κ3) is 4.93. The van der Waals surface area contributed by atoms with Crippen molar-refractivity contribution < 1.29 is 9.59 Å². The molecule has 1 aliphatic heterocycles. The molecule has 2 amide bonds. The summed E-state index contributed by atoms with van der Waals surface area (Å²) in [5.74, 6) is -0.660. The van der Waals surface area contributed by atoms with Crippen LogP contribution in [0.4, 0.5) is 5.69 Å². The van der Waals surface area contributed by atoms with Crippen LogP contribution in [0.3, 0.4) is 0 Å². The van der Waals surface area contributed by atoms with Crippen molar-refractivity contribution in [3.8, 4) is 6.07 Å². The molecule has 0 fully saturated rings. The number of amides is 2. The lowest BCUT2D eigenvalue weighted by Crippen LogP contribution is -2.31. The summed E-state index contributed by atoms with van der Waals surface area (Å²) in [5, 5.41) is 17.8. The van der Waals surface area contributed by atoms with Crippen LogP contribution in [0, 0.1) is 11.3 Å². The van der Waals surface area contributed by atoms with Crippen LogP contribution in [-0.2, 0) is 9.59 Å². The average molecular weight is 483 g/mol. The molecule has 0 bridgehead atoms. The highest BCUT2D eigenvalue weighted by atomic mass is 79.9. The molecule has 2 aromatic rings. The van der Waals surface area contributed by atoms with E-state index in [0.29, 0.717) is 21.3 Å². The minimum absolute atomic E-state index is 0.0460. The Balaban J connectivity index is 1.72. The van der Waals surface area contributed by atoms with Gasteiger partial charge in [-0.25, -0.2) is 0 Å². The zero-order valence-electron chi connectivity index (χ0n) is 13.8. The Bertz CT molecular complexity index is 954. The summed E-state index contributed by atoms with van der Waals surface area (Å²) in [5.41, 5.74) is 0.987. The maximum absolute atomic E-state index is 12.3. The van der Waals surface area contributed by atoms with Crippen molar-refractivity contribution in [3.05, 3.63) is 60.7 Å². The molecule has 0 spiro atoms. The third-order valence-corrected chi connectivity index (χ3v) is 6.60. The van der Waals surface area contributed by atoms with Crippen molar-refractivity contribution in [3.63, 3.8) is 0 Å². The SMILES string of the molecule is N#CC1=C(SCC(=O)Nc2ccc(Br)cc2Cl)NC(=O)C[C@H]1c1cccs1. The first-order valence-corrected chi connectivity index (χ1v) is 10.9. The number of nitriles is 1. The Labute approximate surface area is 177 Å². The van der Waals surface area contributed by atoms with Crippen molar-refractivity contribution in [2.45, 2.75) is 12.3 Å². The second-order valence-corrected chi connectivity index (χ2v) is 8.92. The maximum Gasteiger partial charge on any atom is 0.234 e. The summed E-state index contributed by atoms with van der Waals surface area (Å²) in [6.07, 6.45) is 0.230. The minimum Gasteiger partial charge on any atom is -0.324 e. The fraction of sp³-hybridized carbons (Fsp3) is 0.167. The second kappa shape index (κ2) is 8.93. The van der Waals surface area contributed by atoms with Gasteiger partial charge in [0.2, 0.25) is 11.8 Å². The first-order valence-electron chi connectivity index (χ1n) is 7.83. The smallest absolute Gasteiger partial charge is 0.234 e. The van der Waals surface area contributed by atoms with E-state index in [9.17, 15) is 14.9 Å². The molecule has 5 nitrogen and oxygen atoms in total. The van der Waals surface area contributed by atoms with Gasteiger partial charge in [-0.15, -0.1) is 11.3 Å². The van der Waals surface area contributed by atoms with Gasteiger partial charge in [-0.1, -0.05) is 45.4 Å². The summed E-state index contributed by atoms with van der Waals surface area (Å²) in [6, 6.07) is 11.2. The predicted octanol–water partition coefficient (Wildman–Crippen LogP) is 4.87. The van der Waals surface area contributed by atoms with Gasteiger partial charge in [0.05, 0.1) is 33.1 Å². The van der Waals surface area contributed by atoms with E-state index in [4.69, 9.17) is 11.6 Å². The van der Waals surface area contributed by atoms with Crippen molar-refractivity contribution in [2.75, 3.05) is 11.1 Å². The van der Waals surface area contributed by atoms with E-state index in [2.05, 4.69) is 32.6 Å². The highest BCUT2D eigenvalue weighted by Crippen LogP contribution is 2.37. The number of thioether (sulfide) groups is 1. The molecule has 1 aliphatic rings. The number of allylic oxidation sites excluding steroid dienone is 1. The Kier molecular flexibility index (Phi) is 6.60. The monoisotopic (exact) mass is 481 g/mol. The molecule has 9 heteroatoms. The van der Waals surface area contributed by atoms with Crippen LogP contribution in [0.25, 0.3) is 0 Å². The summed E-state index contributed by atoms with van der Waals surface area (Å²) in [7, 11) is 0. The topological polar surface area (TPSA) is 82.0 Å². The first-order chi connectivity index (χ1) is 13.0. The lowest BCUT2D eigenvalue weighted by atomic mass is 9.93. The summed E-state index contributed by atoms with van der Waals surface area (Å²) >= 11 is 12.1. The van der Waals surface area contributed by atoms with E-state index < -0.39 is 0 Å². The molecular formula is C18H13BrClN3O2S2. The molecule has 1 atom stereocenters. The van der Waals surface area contributed by atoms with E-state index in [-0.39, 0.29) is 29.9 Å². The number of hydrogen-bond donors (Lipinski definition) is 2. The lowest BCUT2D eigenvalue weighted by Gasteiger charge is -2.23. The number of nitrogens with one attached hydrogen (secondary N) is 2. The van der Waals surface area contributed by atoms with Gasteiger partial charge >= 0.3 is 0 Å². The van der Waals surface area contributed by atoms with Gasteiger partial charge < -0.3 is 10.6 Å². The van der Waals surface area contributed by atoms with Crippen molar-refractivity contribution in [1.29, 1.82) is 5.26 Å². The molecular weight excluding hydrogens is 470 g/mol. The van der Waals surface area contributed by atoms with Crippen LogP contribution in [0.15, 0.2) is 50.8 Å². The Morgan fingerprint density at radius 1 is 1.48 bits per heavy atom. The number of benzene rings is 1. The summed E-state index contributed by atoms with van der Waals surface area (Å²) in [6.45, 7) is 0. The highest BCUT2D eigenvalue weighted by molar-refractivity contribution is 9.10. The van der Waals surface area contributed by atoms with E-state index in [1.807, 2.05) is 17.5 Å². The van der Waals surface area contributed by atoms with E-state index in [1.54, 1.807) is 18.2 Å². The van der Waals surface area contributed by atoms with Gasteiger partial charge in [-0.05, 0) is 29.6 Å². The second-order valence-electron chi connectivity index (χ2n) is 5.64. The van der Waals surface area contributed by atoms with E-state index in [1.165, 1.54) is 11.3 Å². The molecule has 138 valence electrons. The number of hydrogen-bond acceptors (Lipinski definition) is 5. The normalized spacial score (nSPS) is 16.6. The lowest BCUT2D eigenvalue weighted by molar-refractivity contribution is -0.121. The Morgan fingerprint density at radius 3 is 2.96 bits per heavy atom. The number of rotatable bonds is 5. The summed E-state index contributed by atoms with van der Waals surface area (Å²) < 4.78 is 0.813. The van der Waals surface area contributed by atoms with Crippen LogP contribution < -0.4 is 10.6 Å². The van der Waals surface area contributed by atoms with Crippen LogP contribution in [0.2, 0.25) is 5.02 Å². The predicted molar refractivity (Wildman–Crippen MR) is 113 cm³/mol. The molecule has 0 radical (unpaired) electrons. The Hall–Kier alpha value is -1.79. The third-order valence-electron chi connectivity index (χ3n) is 3.80. The Morgan fingerprint density at radius 2 is 2.30 bits per heavy atom. The van der Waals surface area contributed by atoms with Gasteiger partial charge in [-0.2, -0.15) is 5.26 Å². The van der Waals surface area contributed by atoms with E-state index in [0.717, 1.165) is 21.1 Å². The number of anilines is 1. The van der Waals surface area contributed by atoms with Gasteiger partial charge in [0.1, 0.15) is 0 Å². The molecule has 0 saturated heterocycles. The van der Waals surface area contributed by atoms with Crippen molar-refractivity contribution >= 4 is 68.1 Å². The maximum atomic E-state index is 12.3. The number of carbonyl (C=O) groups is 2. The van der Waals surface area contributed by atoms with Gasteiger partial charge in [0, 0.05) is 21.7 Å². The van der Waals surface area contributed by atoms with Crippen LogP contribution in [-0.4, -0.2) is 17.6 Å². The van der Waals surface area contributed by atoms with Gasteiger partial charge in [0.25, 0.3) is 0 Å². The first kappa shape index (κ1) is 20.0. The molecule has 1 aromatic heterocycles. The van der Waals surface area contributed by atoms with E-state index >= 15 is 0 Å². The number of halogens is 2. The molecule has 0 saturated carbocycles. The van der Waals surface area contributed by atoms with Crippen LogP contribution in [0.5, 0.6) is 0 Å². The molecule has 2 heterocycles. The quantitative estimate of drug-likeness (QED) is 0.637. The zero-order valence-corrected chi connectivity index (χ0v) is 17.8. The molecule has 2 N–H and O–H groups in total. The molecule has 0 unspecified atom stereocenters. The van der Waals surface area contributed by atoms with Gasteiger partial charge in [0.15, 0.2) is 0 Å². The highest BCUT2D eigenvalue weighted by Gasteiger charge is 2.30. The number of nitrogens with zero attached hydrogens (tertiary/aromatic N) is 1. The molecule has 1 aromatic carbocycles. The summed E-state index contributed by atoms with van der Waals surface area (Å²) in [4.78, 5) is 25.3. The number of carbonyl (C=O) groups excluding carboxylic acids is 2. The van der Waals surface area contributed by atoms with Crippen LogP contribution >= 0.6 is 50.6 Å². The molecule has 3 rings (SSSR count). The number of thiophene rings is 1. The van der Waals surface area contributed by atoms with Crippen molar-refractivity contribution in [1.82, 2.24) is 5.32 Å². The fourth-order valence-electron chi connectivity index (χ4n) is 2.58. The largest absolute Gasteiger partial charge is 0.324 e. The van der Waals surface area contributed by atoms with Crippen LogP contribution in [0.1, 0.15) is 17.2 Å². The van der Waals surface area contributed by atoms with Gasteiger partial charge in [-0.3, -0.25) is 9.59 Å². The van der Waals surface area contributed by atoms with Crippen molar-refractivity contribution in [2.24, 2.45) is 0 Å². The zero-order chi connectivity index (χ0) is 19.4.